The molecule has 0 amide bonds. The molecular weight excluding hydrogens is 473 g/mol. The molecule has 2 aliphatic rings. The third kappa shape index (κ3) is 1.72. The normalized spacial score (nSPS) is 41.6. The zero-order valence-corrected chi connectivity index (χ0v) is 11.8. The van der Waals surface area contributed by atoms with Crippen LogP contribution in [0, 0.1) is 0 Å². The Labute approximate surface area is 147 Å². The van der Waals surface area contributed by atoms with E-state index in [2.05, 4.69) is 0 Å². The topological polar surface area (TPSA) is 0 Å². The minimum absolute atomic E-state index is 0. The first kappa shape index (κ1) is 25.8. The van der Waals surface area contributed by atoms with E-state index in [1.165, 1.54) is 0 Å². The lowest BCUT2D eigenvalue weighted by atomic mass is 9.54. The molecule has 19 heteroatoms. The van der Waals surface area contributed by atoms with Gasteiger partial charge in [-0.25, -0.2) is 8.78 Å². The summed E-state index contributed by atoms with van der Waals surface area (Å²) in [5.41, 5.74) is -17.3. The van der Waals surface area contributed by atoms with Gasteiger partial charge in [0.25, 0.3) is 11.3 Å². The van der Waals surface area contributed by atoms with Crippen molar-refractivity contribution in [3.8, 4) is 0 Å². The highest BCUT2D eigenvalue weighted by Crippen LogP contribution is 2.81. The van der Waals surface area contributed by atoms with Gasteiger partial charge in [0, 0.05) is 0 Å². The van der Waals surface area contributed by atoms with Crippen LogP contribution in [0.3, 0.4) is 0 Å². The van der Waals surface area contributed by atoms with Crippen LogP contribution in [0.25, 0.3) is 0 Å². The molecule has 0 aromatic heterocycles. The van der Waals surface area contributed by atoms with Gasteiger partial charge in [0.1, 0.15) is 0 Å². The lowest BCUT2D eigenvalue weighted by Crippen LogP contribution is -2.98. The molecule has 0 nitrogen and oxygen atoms in total. The SMILES string of the molecule is B.FC1(F)C(F)(F)C(F)(F)C2(F)C(F)(F)C(F)(F)C(F)(F)C(F)(F)C2(F)C1(F)F. The fourth-order valence-corrected chi connectivity index (χ4v) is 2.91. The molecule has 0 N–H and O–H groups in total. The number of hydrogen-bond donors (Lipinski definition) is 0. The van der Waals surface area contributed by atoms with E-state index in [0.717, 1.165) is 0 Å². The van der Waals surface area contributed by atoms with Crippen molar-refractivity contribution in [3.63, 3.8) is 0 Å². The fraction of sp³-hybridized carbons (Fsp3) is 1.00. The molecule has 2 fully saturated rings. The van der Waals surface area contributed by atoms with Crippen LogP contribution in [0.1, 0.15) is 0 Å². The van der Waals surface area contributed by atoms with E-state index < -0.39 is 58.7 Å². The summed E-state index contributed by atoms with van der Waals surface area (Å²) in [6.45, 7) is 0. The summed E-state index contributed by atoms with van der Waals surface area (Å²) in [6, 6.07) is 0. The number of hydrogen-bond acceptors (Lipinski definition) is 0. The van der Waals surface area contributed by atoms with Gasteiger partial charge < -0.3 is 0 Å². The van der Waals surface area contributed by atoms with Gasteiger partial charge in [-0.05, 0) is 0 Å². The quantitative estimate of drug-likeness (QED) is 0.361. The molecule has 0 bridgehead atoms. The van der Waals surface area contributed by atoms with Crippen molar-refractivity contribution in [3.05, 3.63) is 0 Å². The lowest BCUT2D eigenvalue weighted by molar-refractivity contribution is -0.560. The Balaban J connectivity index is 0.00000420. The van der Waals surface area contributed by atoms with Crippen molar-refractivity contribution in [2.24, 2.45) is 0 Å². The summed E-state index contributed by atoms with van der Waals surface area (Å²) >= 11 is 0. The molecule has 29 heavy (non-hydrogen) atoms. The zero-order valence-electron chi connectivity index (χ0n) is 11.8. The molecule has 172 valence electrons. The first-order valence-electron chi connectivity index (χ1n) is 6.15. The van der Waals surface area contributed by atoms with E-state index in [1.54, 1.807) is 0 Å². The maximum Gasteiger partial charge on any atom is 0.382 e. The van der Waals surface area contributed by atoms with Gasteiger partial charge in [0.15, 0.2) is 0 Å². The Morgan fingerprint density at radius 1 is 0.207 bits per heavy atom. The van der Waals surface area contributed by atoms with Crippen molar-refractivity contribution in [2.45, 2.75) is 58.7 Å². The van der Waals surface area contributed by atoms with Gasteiger partial charge in [0.2, 0.25) is 0 Å². The van der Waals surface area contributed by atoms with Crippen LogP contribution in [0.5, 0.6) is 0 Å². The van der Waals surface area contributed by atoms with E-state index in [-0.39, 0.29) is 8.41 Å². The van der Waals surface area contributed by atoms with Gasteiger partial charge in [-0.15, -0.1) is 0 Å². The summed E-state index contributed by atoms with van der Waals surface area (Å²) in [7, 11) is 0. The number of halogens is 18. The van der Waals surface area contributed by atoms with E-state index in [9.17, 15) is 79.0 Å². The van der Waals surface area contributed by atoms with Crippen molar-refractivity contribution in [1.82, 2.24) is 0 Å². The fourth-order valence-electron chi connectivity index (χ4n) is 2.91. The van der Waals surface area contributed by atoms with Crippen molar-refractivity contribution in [2.75, 3.05) is 0 Å². The van der Waals surface area contributed by atoms with Gasteiger partial charge in [-0.2, -0.15) is 70.2 Å². The number of fused-ring (bicyclic) bond motifs is 1. The molecule has 0 spiro atoms. The van der Waals surface area contributed by atoms with Crippen LogP contribution in [0.4, 0.5) is 79.0 Å². The van der Waals surface area contributed by atoms with Gasteiger partial charge in [-0.1, -0.05) is 0 Å². The molecule has 0 atom stereocenters. The van der Waals surface area contributed by atoms with Crippen LogP contribution in [0.2, 0.25) is 0 Å². The second-order valence-electron chi connectivity index (χ2n) is 5.91. The minimum Gasteiger partial charge on any atom is -0.226 e. The van der Waals surface area contributed by atoms with E-state index >= 15 is 0 Å². The van der Waals surface area contributed by atoms with Crippen LogP contribution in [0.15, 0.2) is 0 Å². The Morgan fingerprint density at radius 2 is 0.310 bits per heavy atom. The molecule has 0 aliphatic heterocycles. The molecule has 0 aromatic carbocycles. The van der Waals surface area contributed by atoms with E-state index in [1.807, 2.05) is 0 Å². The molecule has 2 saturated carbocycles. The highest BCUT2D eigenvalue weighted by atomic mass is 19.4. The van der Waals surface area contributed by atoms with Crippen LogP contribution in [-0.2, 0) is 0 Å². The first-order chi connectivity index (χ1) is 11.8. The molecular formula is C10H3BF18. The Kier molecular flexibility index (Phi) is 4.60. The Bertz CT molecular complexity index is 593. The summed E-state index contributed by atoms with van der Waals surface area (Å²) in [6.07, 6.45) is 0. The molecule has 0 saturated heterocycles. The number of alkyl halides is 18. The minimum atomic E-state index is -8.64. The molecule has 0 heterocycles. The van der Waals surface area contributed by atoms with Crippen LogP contribution < -0.4 is 0 Å². The monoisotopic (exact) mass is 476 g/mol. The van der Waals surface area contributed by atoms with Gasteiger partial charge >= 0.3 is 47.4 Å². The lowest BCUT2D eigenvalue weighted by Gasteiger charge is -2.63. The summed E-state index contributed by atoms with van der Waals surface area (Å²) < 4.78 is 241. The second kappa shape index (κ2) is 5.16. The van der Waals surface area contributed by atoms with E-state index in [4.69, 9.17) is 0 Å². The van der Waals surface area contributed by atoms with Crippen molar-refractivity contribution in [1.29, 1.82) is 0 Å². The zero-order chi connectivity index (χ0) is 23.0. The van der Waals surface area contributed by atoms with Gasteiger partial charge in [0.05, 0.1) is 8.41 Å². The van der Waals surface area contributed by atoms with Crippen LogP contribution in [-0.4, -0.2) is 67.1 Å². The van der Waals surface area contributed by atoms with Crippen molar-refractivity contribution >= 4 is 8.41 Å². The summed E-state index contributed by atoms with van der Waals surface area (Å²) in [4.78, 5) is 0. The molecule has 0 aromatic rings. The predicted molar refractivity (Wildman–Crippen MR) is 57.2 cm³/mol. The summed E-state index contributed by atoms with van der Waals surface area (Å²) in [5.74, 6) is -66.8. The summed E-state index contributed by atoms with van der Waals surface area (Å²) in [5, 5.41) is 0. The van der Waals surface area contributed by atoms with Crippen molar-refractivity contribution < 1.29 is 79.0 Å². The first-order valence-corrected chi connectivity index (χ1v) is 6.15. The Hall–Kier alpha value is -1.20. The molecule has 2 rings (SSSR count). The molecule has 0 radical (unpaired) electrons. The third-order valence-corrected chi connectivity index (χ3v) is 4.57. The smallest absolute Gasteiger partial charge is 0.226 e. The molecule has 2 aliphatic carbocycles. The molecule has 0 unspecified atom stereocenters. The maximum absolute atomic E-state index is 14.2. The highest BCUT2D eigenvalue weighted by Gasteiger charge is 3.15. The average Bonchev–Trinajstić information content (AvgIpc) is 2.49. The van der Waals surface area contributed by atoms with Gasteiger partial charge in [-0.3, -0.25) is 0 Å². The highest BCUT2D eigenvalue weighted by molar-refractivity contribution is 5.75. The largest absolute Gasteiger partial charge is 0.382 e. The van der Waals surface area contributed by atoms with Crippen LogP contribution >= 0.6 is 0 Å². The maximum atomic E-state index is 14.2. The third-order valence-electron chi connectivity index (χ3n) is 4.57. The Morgan fingerprint density at radius 3 is 0.414 bits per heavy atom. The second-order valence-corrected chi connectivity index (χ2v) is 5.91. The average molecular weight is 476 g/mol. The number of rotatable bonds is 0. The van der Waals surface area contributed by atoms with E-state index in [0.29, 0.717) is 0 Å². The predicted octanol–water partition coefficient (Wildman–Crippen LogP) is 4.33. The standard InChI is InChI=1S/C10F18.BH3/c11-1-2(12,5(17,18)9(25,26)7(21,22)3(1,13)14)6(19,20)10(27,28)8(23,24)4(1,15)16;/h;1H3.